The van der Waals surface area contributed by atoms with Gasteiger partial charge in [0.2, 0.25) is 5.95 Å². The number of nitrogens with zero attached hydrogens (tertiary/aromatic N) is 4. The fraction of sp³-hybridized carbons (Fsp3) is 0.600. The van der Waals surface area contributed by atoms with Crippen molar-refractivity contribution >= 4 is 11.6 Å². The minimum atomic E-state index is 0.399. The Balaban J connectivity index is 1.88. The highest BCUT2D eigenvalue weighted by atomic mass is 15.4. The first-order valence-corrected chi connectivity index (χ1v) is 7.46. The molecule has 0 aromatic carbocycles. The van der Waals surface area contributed by atoms with Crippen molar-refractivity contribution in [2.45, 2.75) is 45.7 Å². The van der Waals surface area contributed by atoms with E-state index in [4.69, 9.17) is 0 Å². The van der Waals surface area contributed by atoms with Gasteiger partial charge >= 0.3 is 0 Å². The summed E-state index contributed by atoms with van der Waals surface area (Å²) in [6.07, 6.45) is 4.54. The summed E-state index contributed by atoms with van der Waals surface area (Å²) < 4.78 is 1.88. The van der Waals surface area contributed by atoms with Crippen molar-refractivity contribution in [1.29, 1.82) is 0 Å². The maximum absolute atomic E-state index is 4.67. The van der Waals surface area contributed by atoms with E-state index in [1.807, 2.05) is 16.8 Å². The van der Waals surface area contributed by atoms with Crippen LogP contribution in [0.3, 0.4) is 0 Å². The Labute approximate surface area is 120 Å². The molecule has 1 N–H and O–H groups in total. The molecule has 5 nitrogen and oxygen atoms in total. The second-order valence-corrected chi connectivity index (χ2v) is 5.96. The zero-order valence-corrected chi connectivity index (χ0v) is 12.5. The lowest BCUT2D eigenvalue weighted by Crippen LogP contribution is -2.42. The van der Waals surface area contributed by atoms with Crippen LogP contribution >= 0.6 is 0 Å². The number of fused-ring (bicyclic) bond motifs is 1. The summed E-state index contributed by atoms with van der Waals surface area (Å²) in [5.41, 5.74) is 2.11. The zero-order valence-electron chi connectivity index (χ0n) is 12.5. The number of nitrogens with one attached hydrogen (secondary N) is 1. The molecule has 2 aromatic rings. The second-order valence-electron chi connectivity index (χ2n) is 5.96. The summed E-state index contributed by atoms with van der Waals surface area (Å²) in [4.78, 5) is 6.96. The number of hydrogen-bond acceptors (Lipinski definition) is 4. The number of anilines is 1. The van der Waals surface area contributed by atoms with Crippen LogP contribution in [0, 0.1) is 6.92 Å². The number of aromatic nitrogens is 3. The third-order valence-electron chi connectivity index (χ3n) is 3.93. The van der Waals surface area contributed by atoms with Crippen molar-refractivity contribution in [2.24, 2.45) is 0 Å². The van der Waals surface area contributed by atoms with Crippen LogP contribution < -0.4 is 10.2 Å². The molecule has 5 heteroatoms. The first kappa shape index (κ1) is 13.4. The molecule has 3 rings (SSSR count). The fourth-order valence-electron chi connectivity index (χ4n) is 2.77. The maximum atomic E-state index is 4.67. The summed E-state index contributed by atoms with van der Waals surface area (Å²) in [5, 5.41) is 8.19. The van der Waals surface area contributed by atoms with Crippen LogP contribution in [0.1, 0.15) is 32.3 Å². The van der Waals surface area contributed by atoms with E-state index < -0.39 is 0 Å². The smallest absolute Gasteiger partial charge is 0.245 e. The van der Waals surface area contributed by atoms with Crippen molar-refractivity contribution in [3.8, 4) is 0 Å². The van der Waals surface area contributed by atoms with Crippen LogP contribution in [0.5, 0.6) is 0 Å². The van der Waals surface area contributed by atoms with Gasteiger partial charge in [0.05, 0.1) is 0 Å². The molecule has 1 fully saturated rings. The van der Waals surface area contributed by atoms with Gasteiger partial charge in [-0.05, 0) is 51.8 Å². The van der Waals surface area contributed by atoms with Gasteiger partial charge in [-0.1, -0.05) is 6.07 Å². The predicted octanol–water partition coefficient (Wildman–Crippen LogP) is 2.00. The molecule has 1 atom stereocenters. The van der Waals surface area contributed by atoms with Gasteiger partial charge in [0.1, 0.15) is 0 Å². The zero-order chi connectivity index (χ0) is 14.1. The van der Waals surface area contributed by atoms with Crippen LogP contribution in [0.15, 0.2) is 18.3 Å². The number of rotatable bonds is 4. The molecule has 1 aliphatic heterocycles. The first-order chi connectivity index (χ1) is 9.63. The lowest BCUT2D eigenvalue weighted by Gasteiger charge is -2.28. The summed E-state index contributed by atoms with van der Waals surface area (Å²) >= 11 is 0. The summed E-state index contributed by atoms with van der Waals surface area (Å²) in [5.74, 6) is 0.833. The topological polar surface area (TPSA) is 45.5 Å². The monoisotopic (exact) mass is 273 g/mol. The van der Waals surface area contributed by atoms with Crippen molar-refractivity contribution < 1.29 is 0 Å². The van der Waals surface area contributed by atoms with Crippen molar-refractivity contribution in [3.05, 3.63) is 23.9 Å². The average Bonchev–Trinajstić information content (AvgIpc) is 3.03. The summed E-state index contributed by atoms with van der Waals surface area (Å²) in [6.45, 7) is 8.59. The van der Waals surface area contributed by atoms with E-state index in [-0.39, 0.29) is 0 Å². The number of aryl methyl sites for hydroxylation is 1. The Morgan fingerprint density at radius 1 is 1.45 bits per heavy atom. The molecule has 0 saturated carbocycles. The second kappa shape index (κ2) is 5.40. The fourth-order valence-corrected chi connectivity index (χ4v) is 2.77. The van der Waals surface area contributed by atoms with E-state index in [9.17, 15) is 0 Å². The SMILES string of the molecule is Cc1ccc2nc(N(CC3CCCN3)C(C)C)nn2c1. The van der Waals surface area contributed by atoms with Gasteiger partial charge in [-0.3, -0.25) is 0 Å². The van der Waals surface area contributed by atoms with Crippen LogP contribution in [0.25, 0.3) is 5.65 Å². The Hall–Kier alpha value is -1.62. The standard InChI is InChI=1S/C15H23N5/c1-11(2)19(10-13-5-4-8-16-13)15-17-14-7-6-12(3)9-20(14)18-15/h6-7,9,11,13,16H,4-5,8,10H2,1-3H3. The summed E-state index contributed by atoms with van der Waals surface area (Å²) in [7, 11) is 0. The molecule has 20 heavy (non-hydrogen) atoms. The molecule has 108 valence electrons. The van der Waals surface area contributed by atoms with Gasteiger partial charge in [-0.15, -0.1) is 5.10 Å². The molecule has 2 aromatic heterocycles. The van der Waals surface area contributed by atoms with E-state index >= 15 is 0 Å². The minimum Gasteiger partial charge on any atom is -0.336 e. The van der Waals surface area contributed by atoms with Crippen molar-refractivity contribution in [1.82, 2.24) is 19.9 Å². The molecular formula is C15H23N5. The number of hydrogen-bond donors (Lipinski definition) is 1. The van der Waals surface area contributed by atoms with Crippen molar-refractivity contribution in [3.63, 3.8) is 0 Å². The molecule has 0 radical (unpaired) electrons. The predicted molar refractivity (Wildman–Crippen MR) is 81.2 cm³/mol. The lowest BCUT2D eigenvalue weighted by atomic mass is 10.2. The van der Waals surface area contributed by atoms with E-state index in [1.165, 1.54) is 18.4 Å². The van der Waals surface area contributed by atoms with Gasteiger partial charge < -0.3 is 10.2 Å². The third kappa shape index (κ3) is 2.63. The highest BCUT2D eigenvalue weighted by molar-refractivity contribution is 5.46. The minimum absolute atomic E-state index is 0.399. The Morgan fingerprint density at radius 2 is 2.30 bits per heavy atom. The Kier molecular flexibility index (Phi) is 3.61. The molecule has 1 unspecified atom stereocenters. The van der Waals surface area contributed by atoms with Crippen molar-refractivity contribution in [2.75, 3.05) is 18.0 Å². The Bertz CT molecular complexity index is 583. The molecule has 3 heterocycles. The molecule has 0 spiro atoms. The largest absolute Gasteiger partial charge is 0.336 e. The van der Waals surface area contributed by atoms with Crippen LogP contribution in [0.2, 0.25) is 0 Å². The lowest BCUT2D eigenvalue weighted by molar-refractivity contribution is 0.544. The quantitative estimate of drug-likeness (QED) is 0.925. The molecule has 1 aliphatic rings. The molecular weight excluding hydrogens is 250 g/mol. The molecule has 0 amide bonds. The van der Waals surface area contributed by atoms with E-state index in [2.05, 4.69) is 47.1 Å². The molecule has 1 saturated heterocycles. The first-order valence-electron chi connectivity index (χ1n) is 7.46. The molecule has 0 bridgehead atoms. The van der Waals surface area contributed by atoms with E-state index in [1.54, 1.807) is 0 Å². The van der Waals surface area contributed by atoms with Crippen LogP contribution in [0.4, 0.5) is 5.95 Å². The van der Waals surface area contributed by atoms with E-state index in [0.717, 1.165) is 24.7 Å². The average molecular weight is 273 g/mol. The summed E-state index contributed by atoms with van der Waals surface area (Å²) in [6, 6.07) is 5.06. The van der Waals surface area contributed by atoms with Gasteiger partial charge in [0.15, 0.2) is 5.65 Å². The third-order valence-corrected chi connectivity index (χ3v) is 3.93. The highest BCUT2D eigenvalue weighted by Crippen LogP contribution is 2.17. The van der Waals surface area contributed by atoms with Gasteiger partial charge in [-0.25, -0.2) is 4.52 Å². The normalized spacial score (nSPS) is 19.1. The maximum Gasteiger partial charge on any atom is 0.245 e. The van der Waals surface area contributed by atoms with Crippen LogP contribution in [-0.2, 0) is 0 Å². The van der Waals surface area contributed by atoms with E-state index in [0.29, 0.717) is 12.1 Å². The Morgan fingerprint density at radius 3 is 3.00 bits per heavy atom. The van der Waals surface area contributed by atoms with Gasteiger partial charge in [0, 0.05) is 24.8 Å². The van der Waals surface area contributed by atoms with Crippen LogP contribution in [-0.4, -0.2) is 39.8 Å². The highest BCUT2D eigenvalue weighted by Gasteiger charge is 2.22. The molecule has 0 aliphatic carbocycles. The number of pyridine rings is 1. The van der Waals surface area contributed by atoms with Gasteiger partial charge in [-0.2, -0.15) is 4.98 Å². The van der Waals surface area contributed by atoms with Gasteiger partial charge in [0.25, 0.3) is 0 Å².